The number of esters is 1. The summed E-state index contributed by atoms with van der Waals surface area (Å²) in [5, 5.41) is 9.80. The molecule has 0 aliphatic carbocycles. The van der Waals surface area contributed by atoms with E-state index in [1.54, 1.807) is 0 Å². The quantitative estimate of drug-likeness (QED) is 0.328. The van der Waals surface area contributed by atoms with E-state index in [1.807, 2.05) is 0 Å². The van der Waals surface area contributed by atoms with Crippen LogP contribution in [0.25, 0.3) is 0 Å². The first kappa shape index (κ1) is 24.0. The number of hydrogen-bond donors (Lipinski definition) is 1. The summed E-state index contributed by atoms with van der Waals surface area (Å²) in [6.45, 7) is 17.7. The second kappa shape index (κ2) is 9.60. The molecule has 2 atom stereocenters. The molecular formula is C15H36O6Si3. The van der Waals surface area contributed by atoms with Crippen molar-refractivity contribution in [3.05, 3.63) is 0 Å². The predicted molar refractivity (Wildman–Crippen MR) is 103 cm³/mol. The van der Waals surface area contributed by atoms with Gasteiger partial charge in [-0.15, -0.1) is 0 Å². The fourth-order valence-electron chi connectivity index (χ4n) is 2.40. The van der Waals surface area contributed by atoms with Crippen LogP contribution in [-0.2, 0) is 22.5 Å². The molecule has 0 aromatic rings. The first-order valence-electron chi connectivity index (χ1n) is 8.57. The Morgan fingerprint density at radius 3 is 1.79 bits per heavy atom. The van der Waals surface area contributed by atoms with Gasteiger partial charge in [-0.05, 0) is 52.2 Å². The van der Waals surface area contributed by atoms with E-state index in [0.717, 1.165) is 12.5 Å². The highest BCUT2D eigenvalue weighted by Crippen LogP contribution is 2.26. The number of aliphatic hydroxyl groups is 1. The molecule has 0 aromatic carbocycles. The fourth-order valence-corrected chi connectivity index (χ4v) is 14.5. The van der Waals surface area contributed by atoms with Gasteiger partial charge in [0.05, 0.1) is 6.23 Å². The zero-order valence-electron chi connectivity index (χ0n) is 16.8. The Morgan fingerprint density at radius 1 is 1.04 bits per heavy atom. The van der Waals surface area contributed by atoms with E-state index in [2.05, 4.69) is 46.2 Å². The van der Waals surface area contributed by atoms with Gasteiger partial charge >= 0.3 is 14.5 Å². The topological polar surface area (TPSA) is 74.2 Å². The van der Waals surface area contributed by atoms with Crippen molar-refractivity contribution in [1.82, 2.24) is 0 Å². The maximum atomic E-state index is 11.2. The van der Waals surface area contributed by atoms with Crippen LogP contribution in [0.3, 0.4) is 0 Å². The van der Waals surface area contributed by atoms with Crippen molar-refractivity contribution in [3.8, 4) is 0 Å². The number of carbonyl (C=O) groups is 1. The smallest absolute Gasteiger partial charge is 0.344 e. The van der Waals surface area contributed by atoms with Gasteiger partial charge in [-0.2, -0.15) is 0 Å². The van der Waals surface area contributed by atoms with Crippen LogP contribution in [0.1, 0.15) is 27.2 Å². The van der Waals surface area contributed by atoms with Crippen LogP contribution in [0.4, 0.5) is 0 Å². The molecule has 9 heteroatoms. The summed E-state index contributed by atoms with van der Waals surface area (Å²) in [7, 11) is -6.33. The molecule has 0 spiro atoms. The third kappa shape index (κ3) is 10.7. The normalized spacial score (nSPS) is 15.9. The molecule has 0 aliphatic rings. The Hall–Kier alpha value is -0.0394. The first-order valence-corrected chi connectivity index (χ1v) is 17.6. The van der Waals surface area contributed by atoms with Gasteiger partial charge in [0.15, 0.2) is 16.6 Å². The van der Waals surface area contributed by atoms with Crippen molar-refractivity contribution in [2.75, 3.05) is 6.23 Å². The highest BCUT2D eigenvalue weighted by Gasteiger charge is 2.45. The molecule has 0 aliphatic heterocycles. The van der Waals surface area contributed by atoms with Gasteiger partial charge < -0.3 is 22.8 Å². The minimum atomic E-state index is -2.63. The largest absolute Gasteiger partial charge is 0.435 e. The highest BCUT2D eigenvalue weighted by atomic mass is 28.5. The molecule has 0 fully saturated rings. The summed E-state index contributed by atoms with van der Waals surface area (Å²) in [5.74, 6) is -0.485. The second-order valence-electron chi connectivity index (χ2n) is 8.12. The zero-order valence-corrected chi connectivity index (χ0v) is 19.8. The van der Waals surface area contributed by atoms with E-state index in [9.17, 15) is 9.90 Å². The minimum absolute atomic E-state index is 0.248. The van der Waals surface area contributed by atoms with E-state index in [4.69, 9.17) is 17.7 Å². The summed E-state index contributed by atoms with van der Waals surface area (Å²) in [5.41, 5.74) is 0. The third-order valence-electron chi connectivity index (χ3n) is 2.76. The van der Waals surface area contributed by atoms with Crippen molar-refractivity contribution in [1.29, 1.82) is 0 Å². The van der Waals surface area contributed by atoms with Gasteiger partial charge in [0.2, 0.25) is 6.29 Å². The van der Waals surface area contributed by atoms with Crippen LogP contribution in [0, 0.1) is 0 Å². The molecule has 6 nitrogen and oxygen atoms in total. The van der Waals surface area contributed by atoms with Crippen molar-refractivity contribution in [2.45, 2.75) is 84.9 Å². The average Bonchev–Trinajstić information content (AvgIpc) is 2.29. The molecule has 0 amide bonds. The average molecular weight is 397 g/mol. The lowest BCUT2D eigenvalue weighted by atomic mass is 10.4. The van der Waals surface area contributed by atoms with Crippen LogP contribution in [0.15, 0.2) is 0 Å². The lowest BCUT2D eigenvalue weighted by Crippen LogP contribution is -2.58. The number of carbonyl (C=O) groups excluding carboxylic acids is 1. The molecule has 2 unspecified atom stereocenters. The molecule has 0 radical (unpaired) electrons. The second-order valence-corrected chi connectivity index (χ2v) is 20.8. The molecular weight excluding hydrogens is 360 g/mol. The lowest BCUT2D eigenvalue weighted by molar-refractivity contribution is -0.195. The number of rotatable bonds is 11. The number of ether oxygens (including phenoxy) is 2. The Labute approximate surface area is 150 Å². The maximum absolute atomic E-state index is 11.2. The van der Waals surface area contributed by atoms with E-state index in [0.29, 0.717) is 0 Å². The van der Waals surface area contributed by atoms with Crippen LogP contribution in [0.5, 0.6) is 0 Å². The van der Waals surface area contributed by atoms with Gasteiger partial charge in [0.25, 0.3) is 0 Å². The maximum Gasteiger partial charge on any atom is 0.344 e. The number of hydrogen-bond acceptors (Lipinski definition) is 6. The summed E-state index contributed by atoms with van der Waals surface area (Å²) in [6.07, 6.45) is -0.738. The van der Waals surface area contributed by atoms with E-state index >= 15 is 0 Å². The van der Waals surface area contributed by atoms with Gasteiger partial charge in [-0.25, -0.2) is 0 Å². The van der Waals surface area contributed by atoms with Gasteiger partial charge in [0.1, 0.15) is 6.10 Å². The van der Waals surface area contributed by atoms with E-state index in [1.165, 1.54) is 13.8 Å². The molecule has 0 saturated heterocycles. The lowest BCUT2D eigenvalue weighted by Gasteiger charge is -2.41. The Balaban J connectivity index is 5.37. The highest BCUT2D eigenvalue weighted by molar-refractivity contribution is 6.88. The predicted octanol–water partition coefficient (Wildman–Crippen LogP) is 3.37. The Bertz CT molecular complexity index is 374. The van der Waals surface area contributed by atoms with Crippen LogP contribution >= 0.6 is 0 Å². The van der Waals surface area contributed by atoms with E-state index < -0.39 is 43.6 Å². The van der Waals surface area contributed by atoms with Crippen molar-refractivity contribution < 1.29 is 27.6 Å². The molecule has 0 aromatic heterocycles. The molecule has 0 bridgehead atoms. The monoisotopic (exact) mass is 396 g/mol. The van der Waals surface area contributed by atoms with Crippen LogP contribution in [-0.4, -0.2) is 54.9 Å². The summed E-state index contributed by atoms with van der Waals surface area (Å²) < 4.78 is 23.9. The summed E-state index contributed by atoms with van der Waals surface area (Å²) in [4.78, 5) is 11.2. The van der Waals surface area contributed by atoms with Gasteiger partial charge in [-0.3, -0.25) is 4.79 Å². The fraction of sp³-hybridized carbons (Fsp3) is 0.933. The van der Waals surface area contributed by atoms with Crippen molar-refractivity contribution in [2.24, 2.45) is 0 Å². The molecule has 24 heavy (non-hydrogen) atoms. The standard InChI is InChI=1S/C15H36O6Si3/c1-10-11-24(20-22(4,5)6,21-23(7,8)9)12-18-15(13(2)16)19-14(3)17/h13,15-16H,10-12H2,1-9H3. The van der Waals surface area contributed by atoms with Gasteiger partial charge in [-0.1, -0.05) is 13.3 Å². The van der Waals surface area contributed by atoms with Crippen LogP contribution in [0.2, 0.25) is 45.3 Å². The SMILES string of the molecule is CCC[Si](COC(OC(C)=O)C(C)O)(O[Si](C)(C)C)O[Si](C)(C)C. The summed E-state index contributed by atoms with van der Waals surface area (Å²) in [6, 6.07) is 0.814. The zero-order chi connectivity index (χ0) is 19.2. The van der Waals surface area contributed by atoms with Crippen molar-refractivity contribution in [3.63, 3.8) is 0 Å². The molecule has 0 saturated carbocycles. The third-order valence-corrected chi connectivity index (χ3v) is 12.5. The Morgan fingerprint density at radius 2 is 1.50 bits per heavy atom. The Kier molecular flexibility index (Phi) is 9.59. The van der Waals surface area contributed by atoms with Gasteiger partial charge in [0, 0.05) is 6.92 Å². The molecule has 144 valence electrons. The number of aliphatic hydroxyl groups excluding tert-OH is 1. The minimum Gasteiger partial charge on any atom is -0.435 e. The van der Waals surface area contributed by atoms with E-state index in [-0.39, 0.29) is 6.23 Å². The first-order chi connectivity index (χ1) is 10.7. The molecule has 0 rings (SSSR count). The molecule has 0 heterocycles. The van der Waals surface area contributed by atoms with Crippen LogP contribution < -0.4 is 0 Å². The molecule has 1 N–H and O–H groups in total. The summed E-state index contributed by atoms with van der Waals surface area (Å²) >= 11 is 0. The van der Waals surface area contributed by atoms with Crippen molar-refractivity contribution >= 4 is 31.2 Å².